The number of carbonyl (C=O) groups is 1. The average Bonchev–Trinajstić information content (AvgIpc) is 2.38. The number of halogens is 1. The van der Waals surface area contributed by atoms with Crippen LogP contribution >= 0.6 is 15.9 Å². The van der Waals surface area contributed by atoms with Crippen LogP contribution in [0.15, 0.2) is 34.8 Å². The molecule has 2 N–H and O–H groups in total. The van der Waals surface area contributed by atoms with Crippen LogP contribution in [0.3, 0.4) is 0 Å². The summed E-state index contributed by atoms with van der Waals surface area (Å²) in [6.45, 7) is 5.59. The van der Waals surface area contributed by atoms with Crippen molar-refractivity contribution in [3.8, 4) is 5.75 Å². The van der Waals surface area contributed by atoms with Gasteiger partial charge in [-0.2, -0.15) is 0 Å². The van der Waals surface area contributed by atoms with Gasteiger partial charge in [0.15, 0.2) is 0 Å². The summed E-state index contributed by atoms with van der Waals surface area (Å²) in [6.07, 6.45) is 0. The molecule has 0 bridgehead atoms. The van der Waals surface area contributed by atoms with E-state index in [4.69, 9.17) is 0 Å². The normalized spacial score (nSPS) is 10.4. The van der Waals surface area contributed by atoms with Gasteiger partial charge in [-0.1, -0.05) is 11.6 Å². The highest BCUT2D eigenvalue weighted by molar-refractivity contribution is 9.10. The van der Waals surface area contributed by atoms with Crippen LogP contribution in [-0.4, -0.2) is 11.0 Å². The van der Waals surface area contributed by atoms with E-state index in [1.807, 2.05) is 32.0 Å². The van der Waals surface area contributed by atoms with Gasteiger partial charge < -0.3 is 10.4 Å². The van der Waals surface area contributed by atoms with Crippen LogP contribution in [0.5, 0.6) is 5.75 Å². The molecule has 0 saturated carbocycles. The van der Waals surface area contributed by atoms with E-state index in [1.165, 1.54) is 0 Å². The van der Waals surface area contributed by atoms with Gasteiger partial charge in [0.05, 0.1) is 5.56 Å². The molecule has 2 rings (SSSR count). The Morgan fingerprint density at radius 1 is 1.10 bits per heavy atom. The number of hydrogen-bond donors (Lipinski definition) is 2. The van der Waals surface area contributed by atoms with Crippen LogP contribution in [0.1, 0.15) is 27.0 Å². The molecule has 0 unspecified atom stereocenters. The topological polar surface area (TPSA) is 49.3 Å². The molecular weight excluding hydrogens is 318 g/mol. The van der Waals surface area contributed by atoms with E-state index in [1.54, 1.807) is 19.1 Å². The molecule has 20 heavy (non-hydrogen) atoms. The van der Waals surface area contributed by atoms with Crippen LogP contribution in [0, 0.1) is 20.8 Å². The molecule has 1 amide bonds. The van der Waals surface area contributed by atoms with Crippen molar-refractivity contribution >= 4 is 27.5 Å². The second-order valence-electron chi connectivity index (χ2n) is 4.89. The fourth-order valence-corrected chi connectivity index (χ4v) is 2.37. The molecule has 2 aromatic carbocycles. The summed E-state index contributed by atoms with van der Waals surface area (Å²) in [5.41, 5.74) is 3.88. The smallest absolute Gasteiger partial charge is 0.256 e. The van der Waals surface area contributed by atoms with Crippen LogP contribution in [0.25, 0.3) is 0 Å². The minimum atomic E-state index is -0.172. The van der Waals surface area contributed by atoms with Crippen LogP contribution in [-0.2, 0) is 0 Å². The van der Waals surface area contributed by atoms with Gasteiger partial charge in [-0.15, -0.1) is 0 Å². The summed E-state index contributed by atoms with van der Waals surface area (Å²) in [7, 11) is 0. The molecule has 104 valence electrons. The van der Waals surface area contributed by atoms with E-state index in [0.29, 0.717) is 11.3 Å². The van der Waals surface area contributed by atoms with Gasteiger partial charge in [0.25, 0.3) is 5.91 Å². The van der Waals surface area contributed by atoms with Gasteiger partial charge in [-0.05, 0) is 72.1 Å². The number of nitrogens with one attached hydrogen (secondary N) is 1. The Morgan fingerprint density at radius 3 is 2.50 bits per heavy atom. The number of aromatic hydroxyl groups is 1. The number of anilines is 1. The lowest BCUT2D eigenvalue weighted by Gasteiger charge is -2.12. The molecule has 0 fully saturated rings. The van der Waals surface area contributed by atoms with Gasteiger partial charge in [0.2, 0.25) is 0 Å². The highest BCUT2D eigenvalue weighted by atomic mass is 79.9. The number of hydrogen-bond acceptors (Lipinski definition) is 2. The second kappa shape index (κ2) is 5.67. The van der Waals surface area contributed by atoms with E-state index in [2.05, 4.69) is 21.2 Å². The minimum Gasteiger partial charge on any atom is -0.508 e. The molecule has 0 aromatic heterocycles. The maximum atomic E-state index is 12.3. The lowest BCUT2D eigenvalue weighted by atomic mass is 10.1. The molecule has 0 radical (unpaired) electrons. The van der Waals surface area contributed by atoms with Crippen LogP contribution < -0.4 is 5.32 Å². The number of aryl methyl sites for hydroxylation is 3. The number of rotatable bonds is 2. The number of carbonyl (C=O) groups excluding carboxylic acids is 1. The number of phenols is 1. The molecule has 0 atom stereocenters. The van der Waals surface area contributed by atoms with Gasteiger partial charge in [-0.25, -0.2) is 0 Å². The number of amides is 1. The van der Waals surface area contributed by atoms with Gasteiger partial charge >= 0.3 is 0 Å². The van der Waals surface area contributed by atoms with Crippen molar-refractivity contribution in [1.82, 2.24) is 0 Å². The summed E-state index contributed by atoms with van der Waals surface area (Å²) in [5.74, 6) is 0.0611. The Morgan fingerprint density at radius 2 is 1.80 bits per heavy atom. The fourth-order valence-electron chi connectivity index (χ4n) is 1.94. The van der Waals surface area contributed by atoms with Crippen molar-refractivity contribution < 1.29 is 9.90 Å². The molecule has 0 aliphatic rings. The van der Waals surface area contributed by atoms with Crippen molar-refractivity contribution in [2.75, 3.05) is 5.32 Å². The summed E-state index contributed by atoms with van der Waals surface area (Å²) < 4.78 is 0.758. The number of benzene rings is 2. The molecule has 3 nitrogen and oxygen atoms in total. The highest BCUT2D eigenvalue weighted by Crippen LogP contribution is 2.26. The molecule has 4 heteroatoms. The monoisotopic (exact) mass is 333 g/mol. The van der Waals surface area contributed by atoms with Gasteiger partial charge in [0.1, 0.15) is 5.75 Å². The quantitative estimate of drug-likeness (QED) is 0.803. The largest absolute Gasteiger partial charge is 0.508 e. The lowest BCUT2D eigenvalue weighted by molar-refractivity contribution is 0.102. The molecule has 0 aliphatic carbocycles. The first kappa shape index (κ1) is 14.6. The average molecular weight is 334 g/mol. The molecule has 0 aliphatic heterocycles. The third-order valence-electron chi connectivity index (χ3n) is 3.16. The maximum Gasteiger partial charge on any atom is 0.256 e. The zero-order valence-electron chi connectivity index (χ0n) is 11.6. The summed E-state index contributed by atoms with van der Waals surface area (Å²) >= 11 is 3.39. The standard InChI is InChI=1S/C16H16BrNO2/c1-9-4-5-13(17)12(6-9)16(20)18-14-7-11(3)15(19)8-10(14)2/h4-8,19H,1-3H3,(H,18,20). The number of phenolic OH excluding ortho intramolecular Hbond substituents is 1. The Labute approximate surface area is 126 Å². The summed E-state index contributed by atoms with van der Waals surface area (Å²) in [5, 5.41) is 12.5. The Kier molecular flexibility index (Phi) is 4.14. The minimum absolute atomic E-state index is 0.172. The van der Waals surface area contributed by atoms with Gasteiger partial charge in [-0.3, -0.25) is 4.79 Å². The van der Waals surface area contributed by atoms with Crippen molar-refractivity contribution in [3.63, 3.8) is 0 Å². The van der Waals surface area contributed by atoms with E-state index >= 15 is 0 Å². The first-order valence-electron chi connectivity index (χ1n) is 6.26. The third-order valence-corrected chi connectivity index (χ3v) is 3.85. The molecule has 0 spiro atoms. The predicted octanol–water partition coefficient (Wildman–Crippen LogP) is 4.33. The van der Waals surface area contributed by atoms with Crippen molar-refractivity contribution in [2.24, 2.45) is 0 Å². The second-order valence-corrected chi connectivity index (χ2v) is 5.75. The van der Waals surface area contributed by atoms with Crippen molar-refractivity contribution in [1.29, 1.82) is 0 Å². The Hall–Kier alpha value is -1.81. The van der Waals surface area contributed by atoms with E-state index < -0.39 is 0 Å². The molecule has 0 saturated heterocycles. The maximum absolute atomic E-state index is 12.3. The zero-order chi connectivity index (χ0) is 14.9. The summed E-state index contributed by atoms with van der Waals surface area (Å²) in [6, 6.07) is 9.06. The fraction of sp³-hybridized carbons (Fsp3) is 0.188. The Bertz CT molecular complexity index is 680. The van der Waals surface area contributed by atoms with Crippen molar-refractivity contribution in [2.45, 2.75) is 20.8 Å². The van der Waals surface area contributed by atoms with Crippen molar-refractivity contribution in [3.05, 3.63) is 57.1 Å². The first-order chi connectivity index (χ1) is 9.38. The van der Waals surface area contributed by atoms with Gasteiger partial charge in [0, 0.05) is 10.2 Å². The predicted molar refractivity (Wildman–Crippen MR) is 84.4 cm³/mol. The van der Waals surface area contributed by atoms with Crippen LogP contribution in [0.2, 0.25) is 0 Å². The summed E-state index contributed by atoms with van der Waals surface area (Å²) in [4.78, 5) is 12.3. The third kappa shape index (κ3) is 3.02. The van der Waals surface area contributed by atoms with Crippen LogP contribution in [0.4, 0.5) is 5.69 Å². The molecular formula is C16H16BrNO2. The van der Waals surface area contributed by atoms with E-state index in [0.717, 1.165) is 21.2 Å². The van der Waals surface area contributed by atoms with E-state index in [9.17, 15) is 9.90 Å². The highest BCUT2D eigenvalue weighted by Gasteiger charge is 2.12. The zero-order valence-corrected chi connectivity index (χ0v) is 13.2. The molecule has 2 aromatic rings. The molecule has 0 heterocycles. The lowest BCUT2D eigenvalue weighted by Crippen LogP contribution is -2.13. The Balaban J connectivity index is 2.32. The van der Waals surface area contributed by atoms with E-state index in [-0.39, 0.29) is 11.7 Å². The first-order valence-corrected chi connectivity index (χ1v) is 7.05. The SMILES string of the molecule is Cc1ccc(Br)c(C(=O)Nc2cc(C)c(O)cc2C)c1.